The highest BCUT2D eigenvalue weighted by Gasteiger charge is 2.11. The molecule has 2 aromatic heterocycles. The van der Waals surface area contributed by atoms with E-state index in [0.717, 1.165) is 11.3 Å². The van der Waals surface area contributed by atoms with E-state index in [0.29, 0.717) is 16.2 Å². The lowest BCUT2D eigenvalue weighted by Gasteiger charge is -2.06. The van der Waals surface area contributed by atoms with Crippen molar-refractivity contribution in [1.29, 1.82) is 0 Å². The lowest BCUT2D eigenvalue weighted by Crippen LogP contribution is -2.14. The second kappa shape index (κ2) is 6.49. The molecule has 116 valence electrons. The van der Waals surface area contributed by atoms with Crippen molar-refractivity contribution in [2.75, 3.05) is 16.8 Å². The quantitative estimate of drug-likeness (QED) is 0.490. The third-order valence-corrected chi connectivity index (χ3v) is 3.99. The first-order valence-electron chi connectivity index (χ1n) is 6.77. The Hall–Kier alpha value is -2.87. The fourth-order valence-corrected chi connectivity index (χ4v) is 2.79. The Bertz CT molecular complexity index is 875. The molecule has 8 heteroatoms. The van der Waals surface area contributed by atoms with Gasteiger partial charge in [-0.3, -0.25) is 4.79 Å². The summed E-state index contributed by atoms with van der Waals surface area (Å²) in [5, 5.41) is 3.43. The molecule has 3 aromatic rings. The van der Waals surface area contributed by atoms with Crippen LogP contribution in [0.1, 0.15) is 5.56 Å². The molecule has 2 heterocycles. The second-order valence-corrected chi connectivity index (χ2v) is 5.62. The monoisotopic (exact) mass is 326 g/mol. The minimum Gasteiger partial charge on any atom is -0.368 e. The minimum atomic E-state index is -0.138. The van der Waals surface area contributed by atoms with Crippen molar-refractivity contribution in [2.24, 2.45) is 0 Å². The topological polar surface area (TPSA) is 110 Å². The first kappa shape index (κ1) is 15.0. The molecule has 0 saturated carbocycles. The van der Waals surface area contributed by atoms with Gasteiger partial charge >= 0.3 is 0 Å². The Balaban J connectivity index is 1.68. The Labute approximate surface area is 136 Å². The molecule has 0 saturated heterocycles. The van der Waals surface area contributed by atoms with Crippen LogP contribution < -0.4 is 11.1 Å². The molecule has 0 aliphatic rings. The maximum atomic E-state index is 12.1. The van der Waals surface area contributed by atoms with Gasteiger partial charge in [-0.05, 0) is 17.7 Å². The zero-order chi connectivity index (χ0) is 16.2. The number of anilines is 2. The van der Waals surface area contributed by atoms with Gasteiger partial charge in [-0.2, -0.15) is 4.98 Å². The highest BCUT2D eigenvalue weighted by molar-refractivity contribution is 8.00. The number of thioether (sulfide) groups is 1. The Morgan fingerprint density at radius 1 is 1.43 bits per heavy atom. The molecule has 4 N–H and O–H groups in total. The summed E-state index contributed by atoms with van der Waals surface area (Å²) >= 11 is 1.27. The molecule has 1 aromatic carbocycles. The zero-order valence-electron chi connectivity index (χ0n) is 12.1. The number of H-pyrrole nitrogens is 1. The van der Waals surface area contributed by atoms with E-state index in [2.05, 4.69) is 31.8 Å². The number of aromatic nitrogens is 4. The highest BCUT2D eigenvalue weighted by atomic mass is 32.2. The van der Waals surface area contributed by atoms with Crippen LogP contribution in [0.2, 0.25) is 0 Å². The van der Waals surface area contributed by atoms with Crippen LogP contribution in [0.25, 0.3) is 17.2 Å². The normalized spacial score (nSPS) is 10.6. The van der Waals surface area contributed by atoms with Crippen molar-refractivity contribution < 1.29 is 4.79 Å². The molecule has 0 unspecified atom stereocenters. The number of imidazole rings is 1. The molecule has 0 atom stereocenters. The van der Waals surface area contributed by atoms with Crippen LogP contribution in [0.4, 0.5) is 11.6 Å². The third-order valence-electron chi connectivity index (χ3n) is 3.02. The number of benzene rings is 1. The van der Waals surface area contributed by atoms with E-state index in [1.807, 2.05) is 24.3 Å². The van der Waals surface area contributed by atoms with Crippen molar-refractivity contribution in [2.45, 2.75) is 5.03 Å². The number of nitrogens with two attached hydrogens (primary N) is 1. The first-order chi connectivity index (χ1) is 11.2. The first-order valence-corrected chi connectivity index (χ1v) is 7.76. The standard InChI is InChI=1S/C15H14N6OS/c1-2-9-4-3-5-10(6-9)19-11(22)7-23-14-12-13(18-8-17-12)20-15(16)21-14/h2-6,8H,1,7H2,(H,19,22)(H3,16,17,18,20,21). The number of carbonyl (C=O) groups is 1. The summed E-state index contributed by atoms with van der Waals surface area (Å²) in [6, 6.07) is 7.45. The van der Waals surface area contributed by atoms with Gasteiger partial charge in [0.05, 0.1) is 12.1 Å². The van der Waals surface area contributed by atoms with E-state index < -0.39 is 0 Å². The van der Waals surface area contributed by atoms with Gasteiger partial charge in [-0.15, -0.1) is 0 Å². The number of carbonyl (C=O) groups excluding carboxylic acids is 1. The van der Waals surface area contributed by atoms with Crippen LogP contribution >= 0.6 is 11.8 Å². The third kappa shape index (κ3) is 3.49. The van der Waals surface area contributed by atoms with Gasteiger partial charge in [-0.1, -0.05) is 36.5 Å². The SMILES string of the molecule is C=Cc1cccc(NC(=O)CSc2nc(N)nc3nc[nH]c23)c1. The van der Waals surface area contributed by atoms with Crippen molar-refractivity contribution in [3.8, 4) is 0 Å². The molecule has 0 bridgehead atoms. The van der Waals surface area contributed by atoms with Gasteiger partial charge in [0.2, 0.25) is 11.9 Å². The van der Waals surface area contributed by atoms with E-state index in [4.69, 9.17) is 5.73 Å². The summed E-state index contributed by atoms with van der Waals surface area (Å²) in [6.45, 7) is 3.71. The van der Waals surface area contributed by atoms with E-state index in [9.17, 15) is 4.79 Å². The van der Waals surface area contributed by atoms with Crippen LogP contribution in [0, 0.1) is 0 Å². The average Bonchev–Trinajstić information content (AvgIpc) is 3.01. The van der Waals surface area contributed by atoms with E-state index >= 15 is 0 Å². The predicted molar refractivity (Wildman–Crippen MR) is 92.0 cm³/mol. The molecule has 23 heavy (non-hydrogen) atoms. The summed E-state index contributed by atoms with van der Waals surface area (Å²) in [5.74, 6) is 0.190. The van der Waals surface area contributed by atoms with Gasteiger partial charge in [0, 0.05) is 5.69 Å². The molecule has 0 aliphatic heterocycles. The average molecular weight is 326 g/mol. The Kier molecular flexibility index (Phi) is 4.24. The zero-order valence-corrected chi connectivity index (χ0v) is 12.9. The second-order valence-electron chi connectivity index (χ2n) is 4.65. The number of aromatic amines is 1. The highest BCUT2D eigenvalue weighted by Crippen LogP contribution is 2.23. The lowest BCUT2D eigenvalue weighted by atomic mass is 10.2. The predicted octanol–water partition coefficient (Wildman–Crippen LogP) is 2.31. The molecule has 0 aliphatic carbocycles. The number of amides is 1. The summed E-state index contributed by atoms with van der Waals surface area (Å²) in [7, 11) is 0. The van der Waals surface area contributed by atoms with Crippen LogP contribution in [-0.2, 0) is 4.79 Å². The summed E-state index contributed by atoms with van der Waals surface area (Å²) < 4.78 is 0. The van der Waals surface area contributed by atoms with Gasteiger partial charge in [-0.25, -0.2) is 9.97 Å². The van der Waals surface area contributed by atoms with Crippen LogP contribution in [-0.4, -0.2) is 31.6 Å². The Morgan fingerprint density at radius 3 is 3.13 bits per heavy atom. The number of hydrogen-bond donors (Lipinski definition) is 3. The van der Waals surface area contributed by atoms with Crippen molar-refractivity contribution in [3.05, 3.63) is 42.7 Å². The molecule has 0 fully saturated rings. The van der Waals surface area contributed by atoms with E-state index in [-0.39, 0.29) is 17.6 Å². The molecule has 3 rings (SSSR count). The summed E-state index contributed by atoms with van der Waals surface area (Å²) in [4.78, 5) is 27.2. The number of fused-ring (bicyclic) bond motifs is 1. The van der Waals surface area contributed by atoms with E-state index in [1.54, 1.807) is 6.08 Å². The number of nitrogen functional groups attached to an aromatic ring is 1. The lowest BCUT2D eigenvalue weighted by molar-refractivity contribution is -0.113. The molecular formula is C15H14N6OS. The van der Waals surface area contributed by atoms with Crippen molar-refractivity contribution >= 4 is 46.5 Å². The molecule has 0 spiro atoms. The van der Waals surface area contributed by atoms with E-state index in [1.165, 1.54) is 18.1 Å². The van der Waals surface area contributed by atoms with Gasteiger partial charge in [0.15, 0.2) is 5.65 Å². The maximum Gasteiger partial charge on any atom is 0.234 e. The van der Waals surface area contributed by atoms with Crippen molar-refractivity contribution in [3.63, 3.8) is 0 Å². The van der Waals surface area contributed by atoms with Crippen molar-refractivity contribution in [1.82, 2.24) is 19.9 Å². The fourth-order valence-electron chi connectivity index (χ4n) is 2.00. The fraction of sp³-hybridized carbons (Fsp3) is 0.0667. The number of nitrogens with zero attached hydrogens (tertiary/aromatic N) is 3. The van der Waals surface area contributed by atoms with Gasteiger partial charge < -0.3 is 16.0 Å². The summed E-state index contributed by atoms with van der Waals surface area (Å²) in [6.07, 6.45) is 3.24. The van der Waals surface area contributed by atoms with Gasteiger partial charge in [0.1, 0.15) is 10.5 Å². The summed E-state index contributed by atoms with van der Waals surface area (Å²) in [5.41, 5.74) is 8.47. The smallest absolute Gasteiger partial charge is 0.234 e. The maximum absolute atomic E-state index is 12.1. The number of hydrogen-bond acceptors (Lipinski definition) is 6. The van der Waals surface area contributed by atoms with Gasteiger partial charge in [0.25, 0.3) is 0 Å². The van der Waals surface area contributed by atoms with Crippen LogP contribution in [0.5, 0.6) is 0 Å². The molecule has 0 radical (unpaired) electrons. The molecule has 1 amide bonds. The molecular weight excluding hydrogens is 312 g/mol. The minimum absolute atomic E-state index is 0.131. The largest absolute Gasteiger partial charge is 0.368 e. The van der Waals surface area contributed by atoms with Crippen LogP contribution in [0.15, 0.2) is 42.2 Å². The Morgan fingerprint density at radius 2 is 2.30 bits per heavy atom. The number of rotatable bonds is 5. The number of nitrogens with one attached hydrogen (secondary N) is 2. The van der Waals surface area contributed by atoms with Crippen LogP contribution in [0.3, 0.4) is 0 Å². The molecule has 7 nitrogen and oxygen atoms in total.